The molecule has 0 aliphatic carbocycles. The van der Waals surface area contributed by atoms with E-state index in [4.69, 9.17) is 4.84 Å². The van der Waals surface area contributed by atoms with Gasteiger partial charge in [-0.25, -0.2) is 5.06 Å². The van der Waals surface area contributed by atoms with Gasteiger partial charge in [-0.2, -0.15) is 0 Å². The zero-order valence-electron chi connectivity index (χ0n) is 19.2. The predicted molar refractivity (Wildman–Crippen MR) is 117 cm³/mol. The maximum absolute atomic E-state index is 13.1. The summed E-state index contributed by atoms with van der Waals surface area (Å²) in [5.74, 6) is -0.864. The lowest BCUT2D eigenvalue weighted by atomic mass is 9.85. The molecular weight excluding hydrogens is 382 g/mol. The van der Waals surface area contributed by atoms with Crippen LogP contribution in [0.2, 0.25) is 0 Å². The van der Waals surface area contributed by atoms with Crippen molar-refractivity contribution in [2.45, 2.75) is 59.6 Å². The number of nitrogens with one attached hydrogen (secondary N) is 1. The maximum atomic E-state index is 13.1. The highest BCUT2D eigenvalue weighted by Crippen LogP contribution is 2.22. The summed E-state index contributed by atoms with van der Waals surface area (Å²) in [5.41, 5.74) is 0.490. The average Bonchev–Trinajstić information content (AvgIpc) is 2.70. The van der Waals surface area contributed by atoms with E-state index in [2.05, 4.69) is 5.32 Å². The SMILES string of the molecule is CCCCC(CN(C=O)OCc1ccccc1)C(=O)N[C@H](C(=O)N(C)C)C(C)(C)C. The Labute approximate surface area is 180 Å². The van der Waals surface area contributed by atoms with Crippen molar-refractivity contribution in [3.63, 3.8) is 0 Å². The molecule has 1 unspecified atom stereocenters. The second-order valence-electron chi connectivity index (χ2n) is 8.84. The van der Waals surface area contributed by atoms with Gasteiger partial charge in [-0.3, -0.25) is 19.2 Å². The molecule has 1 rings (SSSR count). The minimum absolute atomic E-state index is 0.134. The van der Waals surface area contributed by atoms with Crippen molar-refractivity contribution in [2.24, 2.45) is 11.3 Å². The number of likely N-dealkylation sites (N-methyl/N-ethyl adjacent to an activating group) is 1. The Balaban J connectivity index is 2.87. The minimum Gasteiger partial charge on any atom is -0.347 e. The van der Waals surface area contributed by atoms with Crippen LogP contribution in [0.4, 0.5) is 0 Å². The summed E-state index contributed by atoms with van der Waals surface area (Å²) in [7, 11) is 3.35. The van der Waals surface area contributed by atoms with Crippen LogP contribution in [0.25, 0.3) is 0 Å². The topological polar surface area (TPSA) is 79.0 Å². The fraction of sp³-hybridized carbons (Fsp3) is 0.609. The van der Waals surface area contributed by atoms with Gasteiger partial charge < -0.3 is 10.2 Å². The Hall–Kier alpha value is -2.41. The minimum atomic E-state index is -0.654. The van der Waals surface area contributed by atoms with Gasteiger partial charge in [0.05, 0.1) is 12.5 Å². The Morgan fingerprint density at radius 1 is 1.17 bits per heavy atom. The zero-order chi connectivity index (χ0) is 22.7. The zero-order valence-corrected chi connectivity index (χ0v) is 19.2. The van der Waals surface area contributed by atoms with E-state index in [1.165, 1.54) is 9.96 Å². The van der Waals surface area contributed by atoms with E-state index in [0.29, 0.717) is 12.8 Å². The van der Waals surface area contributed by atoms with Gasteiger partial charge in [0.25, 0.3) is 0 Å². The molecule has 0 aromatic heterocycles. The van der Waals surface area contributed by atoms with Gasteiger partial charge >= 0.3 is 0 Å². The van der Waals surface area contributed by atoms with Gasteiger partial charge in [0.15, 0.2) is 0 Å². The van der Waals surface area contributed by atoms with Crippen LogP contribution < -0.4 is 5.32 Å². The number of unbranched alkanes of at least 4 members (excludes halogenated alkanes) is 1. The number of hydrogen-bond acceptors (Lipinski definition) is 4. The first-order chi connectivity index (χ1) is 14.1. The molecule has 0 bridgehead atoms. The molecule has 0 aliphatic rings. The summed E-state index contributed by atoms with van der Waals surface area (Å²) < 4.78 is 0. The fourth-order valence-electron chi connectivity index (χ4n) is 3.00. The molecule has 1 aromatic carbocycles. The third kappa shape index (κ3) is 8.53. The molecule has 2 atom stereocenters. The number of carbonyl (C=O) groups is 3. The van der Waals surface area contributed by atoms with Crippen LogP contribution in [0.1, 0.15) is 52.5 Å². The number of carbonyl (C=O) groups excluding carboxylic acids is 3. The molecule has 7 heteroatoms. The van der Waals surface area contributed by atoms with E-state index in [9.17, 15) is 14.4 Å². The molecule has 0 saturated carbocycles. The molecule has 7 nitrogen and oxygen atoms in total. The van der Waals surface area contributed by atoms with Crippen LogP contribution in [0.15, 0.2) is 30.3 Å². The van der Waals surface area contributed by atoms with Crippen LogP contribution in [0, 0.1) is 11.3 Å². The molecule has 1 N–H and O–H groups in total. The van der Waals surface area contributed by atoms with Gasteiger partial charge in [-0.15, -0.1) is 0 Å². The molecule has 0 heterocycles. The number of rotatable bonds is 12. The number of nitrogens with zero attached hydrogens (tertiary/aromatic N) is 2. The van der Waals surface area contributed by atoms with E-state index in [-0.39, 0.29) is 25.0 Å². The summed E-state index contributed by atoms with van der Waals surface area (Å²) >= 11 is 0. The Morgan fingerprint density at radius 2 is 1.80 bits per heavy atom. The molecular formula is C23H37N3O4. The quantitative estimate of drug-likeness (QED) is 0.417. The van der Waals surface area contributed by atoms with Crippen LogP contribution in [0.3, 0.4) is 0 Å². The average molecular weight is 420 g/mol. The van der Waals surface area contributed by atoms with Crippen molar-refractivity contribution >= 4 is 18.2 Å². The lowest BCUT2D eigenvalue weighted by Gasteiger charge is -2.34. The smallest absolute Gasteiger partial charge is 0.245 e. The second kappa shape index (κ2) is 12.3. The van der Waals surface area contributed by atoms with Crippen LogP contribution in [0.5, 0.6) is 0 Å². The molecule has 0 aliphatic heterocycles. The standard InChI is InChI=1S/C23H37N3O4/c1-7-8-14-19(15-26(17-27)30-16-18-12-10-9-11-13-18)21(28)24-20(23(2,3)4)22(29)25(5)6/h9-13,17,19-20H,7-8,14-16H2,1-6H3,(H,24,28)/t19?,20-/m1/s1. The monoisotopic (exact) mass is 419 g/mol. The van der Waals surface area contributed by atoms with Gasteiger partial charge in [0, 0.05) is 14.1 Å². The van der Waals surface area contributed by atoms with Crippen LogP contribution >= 0.6 is 0 Å². The summed E-state index contributed by atoms with van der Waals surface area (Å²) in [6.07, 6.45) is 2.97. The first-order valence-electron chi connectivity index (χ1n) is 10.5. The highest BCUT2D eigenvalue weighted by atomic mass is 16.7. The predicted octanol–water partition coefficient (Wildman–Crippen LogP) is 3.00. The lowest BCUT2D eigenvalue weighted by molar-refractivity contribution is -0.182. The molecule has 0 saturated heterocycles. The van der Waals surface area contributed by atoms with Crippen LogP contribution in [-0.4, -0.2) is 54.9 Å². The summed E-state index contributed by atoms with van der Waals surface area (Å²) in [6, 6.07) is 8.87. The molecule has 0 radical (unpaired) electrons. The third-order valence-corrected chi connectivity index (χ3v) is 4.88. The molecule has 1 aromatic rings. The second-order valence-corrected chi connectivity index (χ2v) is 8.84. The maximum Gasteiger partial charge on any atom is 0.245 e. The van der Waals surface area contributed by atoms with Crippen molar-refractivity contribution in [3.05, 3.63) is 35.9 Å². The molecule has 30 heavy (non-hydrogen) atoms. The Morgan fingerprint density at radius 3 is 2.30 bits per heavy atom. The van der Waals surface area contributed by atoms with E-state index in [1.54, 1.807) is 14.1 Å². The first kappa shape index (κ1) is 25.6. The molecule has 168 valence electrons. The first-order valence-corrected chi connectivity index (χ1v) is 10.5. The van der Waals surface area contributed by atoms with Gasteiger partial charge in [-0.05, 0) is 17.4 Å². The summed E-state index contributed by atoms with van der Waals surface area (Å²) in [5, 5.41) is 4.10. The van der Waals surface area contributed by atoms with Crippen LogP contribution in [-0.2, 0) is 25.8 Å². The van der Waals surface area contributed by atoms with Crippen molar-refractivity contribution in [1.29, 1.82) is 0 Å². The summed E-state index contributed by atoms with van der Waals surface area (Å²) in [6.45, 7) is 8.18. The Kier molecular flexibility index (Phi) is 10.5. The molecule has 0 spiro atoms. The van der Waals surface area contributed by atoms with Gasteiger partial charge in [-0.1, -0.05) is 70.9 Å². The molecule has 3 amide bonds. The number of hydroxylamine groups is 2. The lowest BCUT2D eigenvalue weighted by Crippen LogP contribution is -2.55. The molecule has 0 fully saturated rings. The van der Waals surface area contributed by atoms with E-state index < -0.39 is 17.4 Å². The van der Waals surface area contributed by atoms with Crippen molar-refractivity contribution in [1.82, 2.24) is 15.3 Å². The highest BCUT2D eigenvalue weighted by molar-refractivity contribution is 5.89. The number of amides is 3. The van der Waals surface area contributed by atoms with Gasteiger partial charge in [0.2, 0.25) is 18.2 Å². The summed E-state index contributed by atoms with van der Waals surface area (Å²) in [4.78, 5) is 44.3. The van der Waals surface area contributed by atoms with E-state index in [1.807, 2.05) is 58.0 Å². The van der Waals surface area contributed by atoms with Crippen molar-refractivity contribution < 1.29 is 19.2 Å². The Bertz CT molecular complexity index is 671. The fourth-order valence-corrected chi connectivity index (χ4v) is 3.00. The normalized spacial score (nSPS) is 13.3. The van der Waals surface area contributed by atoms with Crippen molar-refractivity contribution in [2.75, 3.05) is 20.6 Å². The van der Waals surface area contributed by atoms with E-state index >= 15 is 0 Å². The van der Waals surface area contributed by atoms with E-state index in [0.717, 1.165) is 18.4 Å². The number of benzene rings is 1. The third-order valence-electron chi connectivity index (χ3n) is 4.88. The highest BCUT2D eigenvalue weighted by Gasteiger charge is 2.35. The van der Waals surface area contributed by atoms with Crippen molar-refractivity contribution in [3.8, 4) is 0 Å². The largest absolute Gasteiger partial charge is 0.347 e. The van der Waals surface area contributed by atoms with Gasteiger partial charge in [0.1, 0.15) is 12.6 Å². The number of hydrogen-bond donors (Lipinski definition) is 1.